The van der Waals surface area contributed by atoms with Gasteiger partial charge in [-0.1, -0.05) is 25.1 Å². The molecular weight excluding hydrogens is 507 g/mol. The summed E-state index contributed by atoms with van der Waals surface area (Å²) in [4.78, 5) is 21.9. The SMILES string of the molecule is CCNC(=NCC(CC)Oc1ccccc1)N1CCC(C(=O)N2CCOCC2)CC1.I. The Morgan fingerprint density at radius 3 is 2.42 bits per heavy atom. The highest BCUT2D eigenvalue weighted by atomic mass is 127. The van der Waals surface area contributed by atoms with Crippen LogP contribution in [0.2, 0.25) is 0 Å². The first-order valence-corrected chi connectivity index (χ1v) is 11.3. The Balaban J connectivity index is 0.00000341. The Morgan fingerprint density at radius 1 is 1.13 bits per heavy atom. The van der Waals surface area contributed by atoms with E-state index in [4.69, 9.17) is 14.5 Å². The van der Waals surface area contributed by atoms with E-state index in [-0.39, 0.29) is 36.0 Å². The number of likely N-dealkylation sites (tertiary alicyclic amines) is 1. The molecule has 2 aliphatic rings. The van der Waals surface area contributed by atoms with Crippen LogP contribution in [0.4, 0.5) is 0 Å². The standard InChI is InChI=1S/C23H36N4O3.HI/c1-3-20(30-21-8-6-5-7-9-21)18-25-23(24-4-2)27-12-10-19(11-13-27)22(28)26-14-16-29-17-15-26;/h5-9,19-20H,3-4,10-18H2,1-2H3,(H,24,25);1H. The van der Waals surface area contributed by atoms with E-state index in [1.165, 1.54) is 0 Å². The Kier molecular flexibility index (Phi) is 11.4. The van der Waals surface area contributed by atoms with Gasteiger partial charge in [-0.3, -0.25) is 4.79 Å². The molecule has 0 aromatic heterocycles. The molecule has 31 heavy (non-hydrogen) atoms. The summed E-state index contributed by atoms with van der Waals surface area (Å²) in [6, 6.07) is 9.92. The molecule has 2 saturated heterocycles. The molecule has 7 nitrogen and oxygen atoms in total. The fourth-order valence-corrected chi connectivity index (χ4v) is 3.94. The highest BCUT2D eigenvalue weighted by molar-refractivity contribution is 14.0. The van der Waals surface area contributed by atoms with Crippen LogP contribution in [0.15, 0.2) is 35.3 Å². The minimum Gasteiger partial charge on any atom is -0.489 e. The molecule has 0 bridgehead atoms. The van der Waals surface area contributed by atoms with Gasteiger partial charge in [0.2, 0.25) is 5.91 Å². The number of nitrogens with zero attached hydrogens (tertiary/aromatic N) is 3. The lowest BCUT2D eigenvalue weighted by Gasteiger charge is -2.36. The first kappa shape index (κ1) is 25.7. The molecule has 8 heteroatoms. The van der Waals surface area contributed by atoms with Crippen molar-refractivity contribution >= 4 is 35.8 Å². The van der Waals surface area contributed by atoms with E-state index in [0.29, 0.717) is 25.7 Å². The lowest BCUT2D eigenvalue weighted by atomic mass is 9.95. The molecule has 1 N–H and O–H groups in total. The Labute approximate surface area is 203 Å². The van der Waals surface area contributed by atoms with E-state index < -0.39 is 0 Å². The van der Waals surface area contributed by atoms with Crippen molar-refractivity contribution in [2.24, 2.45) is 10.9 Å². The Bertz CT molecular complexity index is 675. The van der Waals surface area contributed by atoms with Crippen molar-refractivity contribution in [1.82, 2.24) is 15.1 Å². The van der Waals surface area contributed by atoms with Crippen molar-refractivity contribution in [2.45, 2.75) is 39.2 Å². The second-order valence-corrected chi connectivity index (χ2v) is 7.85. The smallest absolute Gasteiger partial charge is 0.225 e. The van der Waals surface area contributed by atoms with E-state index >= 15 is 0 Å². The molecule has 0 aliphatic carbocycles. The molecule has 2 heterocycles. The van der Waals surface area contributed by atoms with Gasteiger partial charge in [0, 0.05) is 38.6 Å². The molecular formula is C23H37IN4O3. The second-order valence-electron chi connectivity index (χ2n) is 7.85. The number of hydrogen-bond acceptors (Lipinski definition) is 4. The van der Waals surface area contributed by atoms with Gasteiger partial charge in [-0.15, -0.1) is 24.0 Å². The van der Waals surface area contributed by atoms with Gasteiger partial charge in [-0.25, -0.2) is 4.99 Å². The third kappa shape index (κ3) is 7.82. The van der Waals surface area contributed by atoms with Crippen molar-refractivity contribution in [1.29, 1.82) is 0 Å². The number of piperidine rings is 1. The summed E-state index contributed by atoms with van der Waals surface area (Å²) in [5, 5.41) is 3.41. The molecule has 1 aromatic carbocycles. The van der Waals surface area contributed by atoms with Crippen LogP contribution in [0.1, 0.15) is 33.1 Å². The molecule has 1 unspecified atom stereocenters. The van der Waals surface area contributed by atoms with Gasteiger partial charge in [0.05, 0.1) is 19.8 Å². The average molecular weight is 544 g/mol. The maximum Gasteiger partial charge on any atom is 0.225 e. The van der Waals surface area contributed by atoms with Crippen LogP contribution in [-0.4, -0.2) is 80.3 Å². The van der Waals surface area contributed by atoms with Crippen LogP contribution >= 0.6 is 24.0 Å². The number of ether oxygens (including phenoxy) is 2. The molecule has 0 radical (unpaired) electrons. The molecule has 0 spiro atoms. The van der Waals surface area contributed by atoms with Crippen LogP contribution in [0, 0.1) is 5.92 Å². The number of carbonyl (C=O) groups excluding carboxylic acids is 1. The van der Waals surface area contributed by atoms with Gasteiger partial charge in [0.25, 0.3) is 0 Å². The zero-order valence-electron chi connectivity index (χ0n) is 18.8. The summed E-state index contributed by atoms with van der Waals surface area (Å²) < 4.78 is 11.5. The summed E-state index contributed by atoms with van der Waals surface area (Å²) in [6.07, 6.45) is 2.69. The molecule has 2 fully saturated rings. The summed E-state index contributed by atoms with van der Waals surface area (Å²) in [6.45, 7) is 10.1. The topological polar surface area (TPSA) is 66.4 Å². The first-order valence-electron chi connectivity index (χ1n) is 11.3. The van der Waals surface area contributed by atoms with Crippen LogP contribution in [0.3, 0.4) is 0 Å². The number of hydrogen-bond donors (Lipinski definition) is 1. The first-order chi connectivity index (χ1) is 14.7. The third-order valence-electron chi connectivity index (χ3n) is 5.75. The van der Waals surface area contributed by atoms with Crippen molar-refractivity contribution in [3.8, 4) is 5.75 Å². The number of amides is 1. The fourth-order valence-electron chi connectivity index (χ4n) is 3.94. The van der Waals surface area contributed by atoms with Crippen LogP contribution < -0.4 is 10.1 Å². The predicted octanol–water partition coefficient (Wildman–Crippen LogP) is 3.00. The monoisotopic (exact) mass is 544 g/mol. The quantitative estimate of drug-likeness (QED) is 0.325. The highest BCUT2D eigenvalue weighted by Gasteiger charge is 2.30. The van der Waals surface area contributed by atoms with Gasteiger partial charge in [-0.05, 0) is 38.3 Å². The minimum atomic E-state index is 0. The molecule has 2 aliphatic heterocycles. The lowest BCUT2D eigenvalue weighted by Crippen LogP contribution is -2.50. The van der Waals surface area contributed by atoms with Crippen molar-refractivity contribution in [3.05, 3.63) is 30.3 Å². The zero-order valence-corrected chi connectivity index (χ0v) is 21.1. The second kappa shape index (κ2) is 13.8. The summed E-state index contributed by atoms with van der Waals surface area (Å²) in [7, 11) is 0. The number of nitrogens with one attached hydrogen (secondary N) is 1. The van der Waals surface area contributed by atoms with Gasteiger partial charge < -0.3 is 24.6 Å². The number of aliphatic imine (C=N–C) groups is 1. The largest absolute Gasteiger partial charge is 0.489 e. The van der Waals surface area contributed by atoms with Gasteiger partial charge >= 0.3 is 0 Å². The lowest BCUT2D eigenvalue weighted by molar-refractivity contribution is -0.140. The fraction of sp³-hybridized carbons (Fsp3) is 0.652. The molecule has 0 saturated carbocycles. The number of rotatable bonds is 7. The molecule has 1 atom stereocenters. The highest BCUT2D eigenvalue weighted by Crippen LogP contribution is 2.21. The van der Waals surface area contributed by atoms with E-state index in [0.717, 1.165) is 63.7 Å². The summed E-state index contributed by atoms with van der Waals surface area (Å²) >= 11 is 0. The van der Waals surface area contributed by atoms with E-state index in [1.807, 2.05) is 35.2 Å². The number of para-hydroxylation sites is 1. The summed E-state index contributed by atoms with van der Waals surface area (Å²) in [5.41, 5.74) is 0. The van der Waals surface area contributed by atoms with E-state index in [9.17, 15) is 4.79 Å². The molecule has 174 valence electrons. The third-order valence-corrected chi connectivity index (χ3v) is 5.75. The van der Waals surface area contributed by atoms with Crippen molar-refractivity contribution in [2.75, 3.05) is 52.5 Å². The van der Waals surface area contributed by atoms with Gasteiger partial charge in [-0.2, -0.15) is 0 Å². The van der Waals surface area contributed by atoms with Gasteiger partial charge in [0.1, 0.15) is 11.9 Å². The normalized spacial score (nSPS) is 18.8. The maximum atomic E-state index is 12.8. The van der Waals surface area contributed by atoms with Crippen LogP contribution in [-0.2, 0) is 9.53 Å². The van der Waals surface area contributed by atoms with Crippen molar-refractivity contribution in [3.63, 3.8) is 0 Å². The number of halogens is 1. The summed E-state index contributed by atoms with van der Waals surface area (Å²) in [5.74, 6) is 2.21. The van der Waals surface area contributed by atoms with Crippen molar-refractivity contribution < 1.29 is 14.3 Å². The minimum absolute atomic E-state index is 0. The predicted molar refractivity (Wildman–Crippen MR) is 134 cm³/mol. The number of carbonyl (C=O) groups is 1. The maximum absolute atomic E-state index is 12.8. The van der Waals surface area contributed by atoms with Crippen LogP contribution in [0.5, 0.6) is 5.75 Å². The Hall–Kier alpha value is -1.55. The zero-order chi connectivity index (χ0) is 21.2. The van der Waals surface area contributed by atoms with E-state index in [1.54, 1.807) is 0 Å². The number of morpholine rings is 1. The van der Waals surface area contributed by atoms with Gasteiger partial charge in [0.15, 0.2) is 5.96 Å². The van der Waals surface area contributed by atoms with Crippen LogP contribution in [0.25, 0.3) is 0 Å². The Morgan fingerprint density at radius 2 is 1.81 bits per heavy atom. The molecule has 1 aromatic rings. The number of benzene rings is 1. The molecule has 1 amide bonds. The average Bonchev–Trinajstić information content (AvgIpc) is 2.81. The van der Waals surface area contributed by atoms with E-state index in [2.05, 4.69) is 24.1 Å². The molecule has 3 rings (SSSR count). The number of guanidine groups is 1.